The number of nitrogens with zero attached hydrogens (tertiary/aromatic N) is 2. The monoisotopic (exact) mass is 251 g/mol. The molecule has 2 aliphatic heterocycles. The van der Waals surface area contributed by atoms with Crippen molar-refractivity contribution in [2.24, 2.45) is 0 Å². The molecule has 1 saturated carbocycles. The number of rotatable bonds is 2. The Morgan fingerprint density at radius 3 is 2.50 bits per heavy atom. The van der Waals surface area contributed by atoms with Crippen LogP contribution in [0.3, 0.4) is 0 Å². The molecule has 5 heteroatoms. The zero-order valence-electron chi connectivity index (χ0n) is 11.1. The molecule has 5 nitrogen and oxygen atoms in total. The molecular formula is C13H21N3O2. The molecule has 3 aliphatic rings. The number of amides is 2. The van der Waals surface area contributed by atoms with Crippen LogP contribution < -0.4 is 5.32 Å². The minimum Gasteiger partial charge on any atom is -0.343 e. The summed E-state index contributed by atoms with van der Waals surface area (Å²) in [6, 6.07) is 0.277. The van der Waals surface area contributed by atoms with E-state index in [0.717, 1.165) is 25.6 Å². The SMILES string of the molecule is CC1NC(=O)C(C)N(C2CCN(C3CC3)C2)C1=O. The molecule has 1 aliphatic carbocycles. The Bertz CT molecular complexity index is 380. The van der Waals surface area contributed by atoms with Crippen LogP contribution in [0.25, 0.3) is 0 Å². The number of likely N-dealkylation sites (tertiary alicyclic amines) is 1. The topological polar surface area (TPSA) is 52.7 Å². The van der Waals surface area contributed by atoms with Crippen LogP contribution in [0.5, 0.6) is 0 Å². The summed E-state index contributed by atoms with van der Waals surface area (Å²) in [5, 5.41) is 2.73. The van der Waals surface area contributed by atoms with E-state index >= 15 is 0 Å². The lowest BCUT2D eigenvalue weighted by molar-refractivity contribution is -0.150. The summed E-state index contributed by atoms with van der Waals surface area (Å²) in [7, 11) is 0. The predicted molar refractivity (Wildman–Crippen MR) is 66.9 cm³/mol. The first-order valence-electron chi connectivity index (χ1n) is 6.94. The van der Waals surface area contributed by atoms with Gasteiger partial charge in [0.1, 0.15) is 12.1 Å². The highest BCUT2D eigenvalue weighted by Crippen LogP contribution is 2.32. The van der Waals surface area contributed by atoms with Crippen LogP contribution in [0.4, 0.5) is 0 Å². The van der Waals surface area contributed by atoms with Gasteiger partial charge in [-0.1, -0.05) is 0 Å². The van der Waals surface area contributed by atoms with Gasteiger partial charge in [0.05, 0.1) is 0 Å². The van der Waals surface area contributed by atoms with Crippen molar-refractivity contribution in [3.63, 3.8) is 0 Å². The van der Waals surface area contributed by atoms with Crippen LogP contribution in [-0.4, -0.2) is 58.9 Å². The van der Waals surface area contributed by atoms with E-state index in [1.807, 2.05) is 11.8 Å². The molecule has 2 saturated heterocycles. The van der Waals surface area contributed by atoms with E-state index in [0.29, 0.717) is 0 Å². The van der Waals surface area contributed by atoms with Crippen LogP contribution in [0, 0.1) is 0 Å². The lowest BCUT2D eigenvalue weighted by Gasteiger charge is -2.40. The summed E-state index contributed by atoms with van der Waals surface area (Å²) in [6.07, 6.45) is 3.60. The Hall–Kier alpha value is -1.10. The van der Waals surface area contributed by atoms with Crippen molar-refractivity contribution in [3.05, 3.63) is 0 Å². The zero-order chi connectivity index (χ0) is 12.9. The van der Waals surface area contributed by atoms with Crippen molar-refractivity contribution >= 4 is 11.8 Å². The van der Waals surface area contributed by atoms with Crippen LogP contribution in [0.2, 0.25) is 0 Å². The van der Waals surface area contributed by atoms with Crippen molar-refractivity contribution in [2.75, 3.05) is 13.1 Å². The van der Waals surface area contributed by atoms with Crippen molar-refractivity contribution in [1.82, 2.24) is 15.1 Å². The largest absolute Gasteiger partial charge is 0.343 e. The van der Waals surface area contributed by atoms with Crippen LogP contribution in [-0.2, 0) is 9.59 Å². The third-order valence-corrected chi connectivity index (χ3v) is 4.43. The minimum atomic E-state index is -0.372. The molecule has 3 atom stereocenters. The van der Waals surface area contributed by atoms with E-state index in [9.17, 15) is 9.59 Å². The maximum atomic E-state index is 12.3. The third-order valence-electron chi connectivity index (χ3n) is 4.43. The zero-order valence-corrected chi connectivity index (χ0v) is 11.1. The highest BCUT2D eigenvalue weighted by atomic mass is 16.2. The lowest BCUT2D eigenvalue weighted by Crippen LogP contribution is -2.64. The molecule has 0 aromatic heterocycles. The van der Waals surface area contributed by atoms with Gasteiger partial charge in [-0.05, 0) is 33.1 Å². The summed E-state index contributed by atoms with van der Waals surface area (Å²) in [5.41, 5.74) is 0. The normalized spacial score (nSPS) is 38.1. The molecule has 0 radical (unpaired) electrons. The van der Waals surface area contributed by atoms with Gasteiger partial charge in [-0.25, -0.2) is 0 Å². The second kappa shape index (κ2) is 4.23. The lowest BCUT2D eigenvalue weighted by atomic mass is 10.1. The Balaban J connectivity index is 1.73. The first-order chi connectivity index (χ1) is 8.58. The molecule has 3 fully saturated rings. The van der Waals surface area contributed by atoms with Gasteiger partial charge in [-0.2, -0.15) is 0 Å². The predicted octanol–water partition coefficient (Wildman–Crippen LogP) is -0.0415. The summed E-state index contributed by atoms with van der Waals surface area (Å²) in [6.45, 7) is 5.62. The summed E-state index contributed by atoms with van der Waals surface area (Å²) >= 11 is 0. The van der Waals surface area contributed by atoms with Crippen LogP contribution in [0.15, 0.2) is 0 Å². The van der Waals surface area contributed by atoms with E-state index in [4.69, 9.17) is 0 Å². The average molecular weight is 251 g/mol. The number of piperazine rings is 1. The van der Waals surface area contributed by atoms with E-state index < -0.39 is 0 Å². The molecule has 0 spiro atoms. The third kappa shape index (κ3) is 1.90. The first-order valence-corrected chi connectivity index (χ1v) is 6.94. The van der Waals surface area contributed by atoms with Crippen LogP contribution in [0.1, 0.15) is 33.1 Å². The fraction of sp³-hybridized carbons (Fsp3) is 0.846. The van der Waals surface area contributed by atoms with E-state index in [-0.39, 0.29) is 29.9 Å². The molecule has 18 heavy (non-hydrogen) atoms. The van der Waals surface area contributed by atoms with Crippen molar-refractivity contribution in [3.8, 4) is 0 Å². The fourth-order valence-electron chi connectivity index (χ4n) is 3.20. The van der Waals surface area contributed by atoms with Crippen molar-refractivity contribution in [1.29, 1.82) is 0 Å². The van der Waals surface area contributed by atoms with E-state index in [1.165, 1.54) is 12.8 Å². The highest BCUT2D eigenvalue weighted by molar-refractivity contribution is 5.96. The summed E-state index contributed by atoms with van der Waals surface area (Å²) in [4.78, 5) is 28.4. The second-order valence-electron chi connectivity index (χ2n) is 5.82. The molecule has 0 aromatic carbocycles. The summed E-state index contributed by atoms with van der Waals surface area (Å²) < 4.78 is 0. The standard InChI is InChI=1S/C13H21N3O2/c1-8-13(18)16(9(2)12(17)14-8)11-5-6-15(7-11)10-3-4-10/h8-11H,3-7H2,1-2H3,(H,14,17). The van der Waals surface area contributed by atoms with Gasteiger partial charge in [-0.3, -0.25) is 14.5 Å². The molecular weight excluding hydrogens is 230 g/mol. The van der Waals surface area contributed by atoms with Gasteiger partial charge in [0.15, 0.2) is 0 Å². The average Bonchev–Trinajstić information content (AvgIpc) is 3.07. The first kappa shape index (κ1) is 12.0. The van der Waals surface area contributed by atoms with E-state index in [2.05, 4.69) is 10.2 Å². The van der Waals surface area contributed by atoms with Crippen molar-refractivity contribution in [2.45, 2.75) is 57.3 Å². The maximum Gasteiger partial charge on any atom is 0.245 e. The number of carbonyl (C=O) groups excluding carboxylic acids is 2. The molecule has 100 valence electrons. The smallest absolute Gasteiger partial charge is 0.245 e. The quantitative estimate of drug-likeness (QED) is 0.749. The van der Waals surface area contributed by atoms with E-state index in [1.54, 1.807) is 6.92 Å². The molecule has 2 heterocycles. The van der Waals surface area contributed by atoms with Gasteiger partial charge < -0.3 is 10.2 Å². The van der Waals surface area contributed by atoms with Gasteiger partial charge >= 0.3 is 0 Å². The molecule has 1 N–H and O–H groups in total. The molecule has 3 unspecified atom stereocenters. The van der Waals surface area contributed by atoms with Gasteiger partial charge in [0.25, 0.3) is 0 Å². The number of hydrogen-bond acceptors (Lipinski definition) is 3. The Morgan fingerprint density at radius 2 is 1.83 bits per heavy atom. The Kier molecular flexibility index (Phi) is 2.81. The number of nitrogens with one attached hydrogen (secondary N) is 1. The Morgan fingerprint density at radius 1 is 1.11 bits per heavy atom. The van der Waals surface area contributed by atoms with Gasteiger partial charge in [-0.15, -0.1) is 0 Å². The van der Waals surface area contributed by atoms with Crippen LogP contribution >= 0.6 is 0 Å². The van der Waals surface area contributed by atoms with Gasteiger partial charge in [0, 0.05) is 25.2 Å². The Labute approximate surface area is 107 Å². The molecule has 0 bridgehead atoms. The molecule has 0 aromatic rings. The summed E-state index contributed by atoms with van der Waals surface area (Å²) in [5.74, 6) is 0.0525. The molecule has 2 amide bonds. The second-order valence-corrected chi connectivity index (χ2v) is 5.82. The highest BCUT2D eigenvalue weighted by Gasteiger charge is 2.43. The fourth-order valence-corrected chi connectivity index (χ4v) is 3.20. The number of hydrogen-bond donors (Lipinski definition) is 1. The van der Waals surface area contributed by atoms with Crippen molar-refractivity contribution < 1.29 is 9.59 Å². The molecule has 3 rings (SSSR count). The number of carbonyl (C=O) groups is 2. The minimum absolute atomic E-state index is 0.0213. The maximum absolute atomic E-state index is 12.3. The van der Waals surface area contributed by atoms with Gasteiger partial charge in [0.2, 0.25) is 11.8 Å².